The predicted molar refractivity (Wildman–Crippen MR) is 113 cm³/mol. The minimum Gasteiger partial charge on any atom is -0.507 e. The normalized spacial score (nSPS) is 16.2. The van der Waals surface area contributed by atoms with Crippen LogP contribution in [0.15, 0.2) is 47.1 Å². The quantitative estimate of drug-likeness (QED) is 0.542. The monoisotopic (exact) mass is 395 g/mol. The molecule has 1 aliphatic rings. The minimum absolute atomic E-state index is 0.0507. The summed E-state index contributed by atoms with van der Waals surface area (Å²) in [5, 5.41) is 10.8. The molecule has 5 heteroatoms. The zero-order chi connectivity index (χ0) is 21.6. The van der Waals surface area contributed by atoms with Crippen LogP contribution in [-0.2, 0) is 20.4 Å². The van der Waals surface area contributed by atoms with Crippen molar-refractivity contribution in [1.29, 1.82) is 0 Å². The highest BCUT2D eigenvalue weighted by atomic mass is 19.1. The highest BCUT2D eigenvalue weighted by Gasteiger charge is 2.28. The number of nitrogens with zero attached hydrogens (tertiary/aromatic N) is 1. The van der Waals surface area contributed by atoms with Crippen molar-refractivity contribution in [3.05, 3.63) is 70.2 Å². The van der Waals surface area contributed by atoms with Gasteiger partial charge in [0.25, 0.3) is 0 Å². The van der Waals surface area contributed by atoms with E-state index in [-0.39, 0.29) is 33.7 Å². The van der Waals surface area contributed by atoms with E-state index in [9.17, 15) is 14.3 Å². The molecule has 4 nitrogen and oxygen atoms in total. The molecule has 0 fully saturated rings. The van der Waals surface area contributed by atoms with E-state index in [1.807, 2.05) is 53.7 Å². The molecule has 3 rings (SSSR count). The van der Waals surface area contributed by atoms with Gasteiger partial charge in [0.15, 0.2) is 5.70 Å². The molecule has 0 unspecified atom stereocenters. The van der Waals surface area contributed by atoms with Crippen LogP contribution in [0.1, 0.15) is 63.8 Å². The Balaban J connectivity index is 2.12. The third-order valence-electron chi connectivity index (χ3n) is 4.78. The molecule has 2 aromatic carbocycles. The molecule has 0 saturated heterocycles. The van der Waals surface area contributed by atoms with E-state index in [0.717, 1.165) is 16.7 Å². The fourth-order valence-electron chi connectivity index (χ4n) is 3.20. The van der Waals surface area contributed by atoms with E-state index in [2.05, 4.69) is 4.99 Å². The molecule has 1 aliphatic heterocycles. The molecule has 29 heavy (non-hydrogen) atoms. The van der Waals surface area contributed by atoms with Crippen LogP contribution in [0.4, 0.5) is 4.39 Å². The second-order valence-electron chi connectivity index (χ2n) is 9.28. The molecule has 1 N–H and O–H groups in total. The first-order chi connectivity index (χ1) is 13.4. The van der Waals surface area contributed by atoms with Gasteiger partial charge in [0.2, 0.25) is 5.90 Å². The third kappa shape index (κ3) is 4.24. The average Bonchev–Trinajstić information content (AvgIpc) is 2.95. The molecule has 0 spiro atoms. The second-order valence-corrected chi connectivity index (χ2v) is 9.28. The summed E-state index contributed by atoms with van der Waals surface area (Å²) in [5.41, 5.74) is 1.92. The van der Waals surface area contributed by atoms with Gasteiger partial charge in [-0.15, -0.1) is 0 Å². The molecule has 0 saturated carbocycles. The molecule has 0 atom stereocenters. The number of hydrogen-bond donors (Lipinski definition) is 1. The van der Waals surface area contributed by atoms with E-state index in [4.69, 9.17) is 4.74 Å². The van der Waals surface area contributed by atoms with E-state index >= 15 is 0 Å². The number of carbonyl (C=O) groups is 1. The Morgan fingerprint density at radius 1 is 1.00 bits per heavy atom. The van der Waals surface area contributed by atoms with Crippen molar-refractivity contribution >= 4 is 17.9 Å². The Kier molecular flexibility index (Phi) is 5.11. The molecular formula is C24H26FNO3. The number of halogens is 1. The maximum atomic E-state index is 14.0. The lowest BCUT2D eigenvalue weighted by Crippen LogP contribution is -2.17. The maximum absolute atomic E-state index is 14.0. The Morgan fingerprint density at radius 3 is 2.07 bits per heavy atom. The summed E-state index contributed by atoms with van der Waals surface area (Å²) in [6.45, 7) is 12.1. The summed E-state index contributed by atoms with van der Waals surface area (Å²) in [6, 6.07) is 9.72. The molecule has 0 radical (unpaired) electrons. The van der Waals surface area contributed by atoms with Crippen LogP contribution in [-0.4, -0.2) is 17.0 Å². The van der Waals surface area contributed by atoms with Gasteiger partial charge in [-0.1, -0.05) is 53.7 Å². The van der Waals surface area contributed by atoms with Gasteiger partial charge in [0.05, 0.1) is 5.56 Å². The Bertz CT molecular complexity index is 1000. The van der Waals surface area contributed by atoms with Crippen molar-refractivity contribution in [2.24, 2.45) is 4.99 Å². The summed E-state index contributed by atoms with van der Waals surface area (Å²) >= 11 is 0. The highest BCUT2D eigenvalue weighted by molar-refractivity contribution is 6.13. The number of benzene rings is 2. The Morgan fingerprint density at radius 2 is 1.55 bits per heavy atom. The van der Waals surface area contributed by atoms with Crippen molar-refractivity contribution in [3.63, 3.8) is 0 Å². The topological polar surface area (TPSA) is 58.9 Å². The van der Waals surface area contributed by atoms with Gasteiger partial charge in [0.1, 0.15) is 11.6 Å². The van der Waals surface area contributed by atoms with Gasteiger partial charge in [-0.3, -0.25) is 0 Å². The molecule has 2 aromatic rings. The van der Waals surface area contributed by atoms with Crippen molar-refractivity contribution in [2.45, 2.75) is 52.4 Å². The van der Waals surface area contributed by atoms with E-state index in [1.54, 1.807) is 18.2 Å². The molecule has 0 aliphatic carbocycles. The molecule has 152 valence electrons. The number of rotatable bonds is 2. The summed E-state index contributed by atoms with van der Waals surface area (Å²) in [4.78, 5) is 16.5. The number of esters is 1. The third-order valence-corrected chi connectivity index (χ3v) is 4.78. The van der Waals surface area contributed by atoms with Crippen LogP contribution in [0.25, 0.3) is 6.08 Å². The Labute approximate surface area is 170 Å². The smallest absolute Gasteiger partial charge is 0.363 e. The summed E-state index contributed by atoms with van der Waals surface area (Å²) in [5.74, 6) is -0.928. The first kappa shape index (κ1) is 20.8. The number of phenols is 1. The van der Waals surface area contributed by atoms with E-state index < -0.39 is 11.8 Å². The minimum atomic E-state index is -0.633. The molecule has 0 aromatic heterocycles. The number of aromatic hydroxyl groups is 1. The zero-order valence-electron chi connectivity index (χ0n) is 17.6. The number of cyclic esters (lactones) is 1. The van der Waals surface area contributed by atoms with Crippen LogP contribution in [0.3, 0.4) is 0 Å². The SMILES string of the molecule is CC(C)(C)c1cc(C=C2N=C(c3ccccc3F)OC2=O)cc(C(C)(C)C)c1O. The van der Waals surface area contributed by atoms with Crippen molar-refractivity contribution in [1.82, 2.24) is 0 Å². The summed E-state index contributed by atoms with van der Waals surface area (Å²) in [6.07, 6.45) is 1.61. The van der Waals surface area contributed by atoms with Crippen LogP contribution in [0.5, 0.6) is 5.75 Å². The standard InChI is InChI=1S/C24H26FNO3/c1-23(2,3)16-11-14(12-17(20(16)27)24(4,5)6)13-19-22(28)29-21(26-19)15-9-7-8-10-18(15)25/h7-13,27H,1-6H3. The van der Waals surface area contributed by atoms with Gasteiger partial charge >= 0.3 is 5.97 Å². The fraction of sp³-hybridized carbons (Fsp3) is 0.333. The van der Waals surface area contributed by atoms with Crippen molar-refractivity contribution < 1.29 is 19.0 Å². The molecule has 0 amide bonds. The number of hydrogen-bond acceptors (Lipinski definition) is 4. The van der Waals surface area contributed by atoms with Gasteiger partial charge in [-0.05, 0) is 46.7 Å². The first-order valence-electron chi connectivity index (χ1n) is 9.53. The summed E-state index contributed by atoms with van der Waals surface area (Å²) < 4.78 is 19.2. The van der Waals surface area contributed by atoms with Crippen molar-refractivity contribution in [2.75, 3.05) is 0 Å². The molecular weight excluding hydrogens is 369 g/mol. The lowest BCUT2D eigenvalue weighted by atomic mass is 9.78. The fourth-order valence-corrected chi connectivity index (χ4v) is 3.20. The molecule has 1 heterocycles. The van der Waals surface area contributed by atoms with Crippen LogP contribution < -0.4 is 0 Å². The predicted octanol–water partition coefficient (Wildman–Crippen LogP) is 5.47. The van der Waals surface area contributed by atoms with Gasteiger partial charge < -0.3 is 9.84 Å². The summed E-state index contributed by atoms with van der Waals surface area (Å²) in [7, 11) is 0. The van der Waals surface area contributed by atoms with E-state index in [0.29, 0.717) is 0 Å². The van der Waals surface area contributed by atoms with Crippen LogP contribution in [0.2, 0.25) is 0 Å². The second kappa shape index (κ2) is 7.14. The van der Waals surface area contributed by atoms with E-state index in [1.165, 1.54) is 12.1 Å². The Hall–Kier alpha value is -2.95. The number of aliphatic imine (C=N–C) groups is 1. The lowest BCUT2D eigenvalue weighted by Gasteiger charge is -2.27. The number of carbonyl (C=O) groups excluding carboxylic acids is 1. The largest absolute Gasteiger partial charge is 0.507 e. The number of phenolic OH excluding ortho intramolecular Hbond substituents is 1. The number of ether oxygens (including phenoxy) is 1. The van der Waals surface area contributed by atoms with Gasteiger partial charge in [-0.2, -0.15) is 0 Å². The van der Waals surface area contributed by atoms with Gasteiger partial charge in [-0.25, -0.2) is 14.2 Å². The maximum Gasteiger partial charge on any atom is 0.363 e. The average molecular weight is 395 g/mol. The lowest BCUT2D eigenvalue weighted by molar-refractivity contribution is -0.129. The highest BCUT2D eigenvalue weighted by Crippen LogP contribution is 2.40. The molecule has 0 bridgehead atoms. The van der Waals surface area contributed by atoms with Gasteiger partial charge in [0, 0.05) is 11.1 Å². The van der Waals surface area contributed by atoms with Crippen molar-refractivity contribution in [3.8, 4) is 5.75 Å². The first-order valence-corrected chi connectivity index (χ1v) is 9.53. The van der Waals surface area contributed by atoms with Crippen LogP contribution >= 0.6 is 0 Å². The zero-order valence-corrected chi connectivity index (χ0v) is 17.6. The van der Waals surface area contributed by atoms with Crippen LogP contribution in [0, 0.1) is 5.82 Å².